The fraction of sp³-hybridized carbons (Fsp3) is 0.692. The Morgan fingerprint density at radius 3 is 2.84 bits per heavy atom. The maximum absolute atomic E-state index is 12.8. The van der Waals surface area contributed by atoms with Crippen molar-refractivity contribution in [2.75, 3.05) is 18.4 Å². The van der Waals surface area contributed by atoms with Crippen LogP contribution in [0.15, 0.2) is 12.4 Å². The second kappa shape index (κ2) is 5.77. The molecule has 0 aliphatic carbocycles. The number of nitrogens with one attached hydrogen (secondary N) is 2. The third kappa shape index (κ3) is 3.37. The zero-order valence-electron chi connectivity index (χ0n) is 11.3. The van der Waals surface area contributed by atoms with Crippen molar-refractivity contribution in [1.29, 1.82) is 0 Å². The topological polar surface area (TPSA) is 49.8 Å². The van der Waals surface area contributed by atoms with Gasteiger partial charge in [-0.15, -0.1) is 0 Å². The number of alkyl halides is 2. The predicted octanol–water partition coefficient (Wildman–Crippen LogP) is 2.60. The third-order valence-electron chi connectivity index (χ3n) is 3.74. The van der Waals surface area contributed by atoms with Crippen molar-refractivity contribution in [1.82, 2.24) is 15.3 Å². The summed E-state index contributed by atoms with van der Waals surface area (Å²) in [7, 11) is 0. The number of hydrogen-bond acceptors (Lipinski definition) is 4. The van der Waals surface area contributed by atoms with E-state index in [1.807, 2.05) is 0 Å². The maximum atomic E-state index is 12.8. The Morgan fingerprint density at radius 2 is 2.16 bits per heavy atom. The lowest BCUT2D eigenvalue weighted by atomic mass is 9.77. The minimum Gasteiger partial charge on any atom is -0.367 e. The second-order valence-corrected chi connectivity index (χ2v) is 5.57. The largest absolute Gasteiger partial charge is 0.367 e. The summed E-state index contributed by atoms with van der Waals surface area (Å²) in [5.74, 6) is 0.181. The molecule has 0 bridgehead atoms. The average Bonchev–Trinajstić information content (AvgIpc) is 2.37. The Morgan fingerprint density at radius 1 is 1.42 bits per heavy atom. The van der Waals surface area contributed by atoms with Crippen LogP contribution >= 0.6 is 0 Å². The van der Waals surface area contributed by atoms with Gasteiger partial charge in [0.2, 0.25) is 0 Å². The maximum Gasteiger partial charge on any atom is 0.283 e. The molecule has 0 spiro atoms. The van der Waals surface area contributed by atoms with Crippen LogP contribution in [0.2, 0.25) is 0 Å². The molecule has 1 aromatic rings. The molecule has 6 heteroatoms. The zero-order chi connectivity index (χ0) is 13.9. The highest BCUT2D eigenvalue weighted by atomic mass is 19.3. The lowest BCUT2D eigenvalue weighted by molar-refractivity contribution is 0.146. The van der Waals surface area contributed by atoms with Gasteiger partial charge < -0.3 is 10.6 Å². The highest BCUT2D eigenvalue weighted by molar-refractivity contribution is 5.40. The van der Waals surface area contributed by atoms with Gasteiger partial charge in [-0.25, -0.2) is 18.7 Å². The highest BCUT2D eigenvalue weighted by Gasteiger charge is 2.32. The van der Waals surface area contributed by atoms with Gasteiger partial charge in [0.15, 0.2) is 5.82 Å². The molecule has 1 aromatic heterocycles. The van der Waals surface area contributed by atoms with Gasteiger partial charge in [0.1, 0.15) is 5.69 Å². The monoisotopic (exact) mass is 270 g/mol. The minimum absolute atomic E-state index is 0.151. The first-order valence-electron chi connectivity index (χ1n) is 6.57. The van der Waals surface area contributed by atoms with E-state index in [1.165, 1.54) is 12.4 Å². The molecule has 2 N–H and O–H groups in total. The summed E-state index contributed by atoms with van der Waals surface area (Å²) in [5.41, 5.74) is -0.130. The van der Waals surface area contributed by atoms with Crippen LogP contribution in [0.4, 0.5) is 14.6 Å². The normalized spacial score (nSPS) is 22.5. The summed E-state index contributed by atoms with van der Waals surface area (Å²) < 4.78 is 25.6. The summed E-state index contributed by atoms with van der Waals surface area (Å²) in [6, 6.07) is 0.244. The summed E-state index contributed by atoms with van der Waals surface area (Å²) in [6.07, 6.45) is 2.39. The number of piperidine rings is 1. The van der Waals surface area contributed by atoms with Crippen molar-refractivity contribution >= 4 is 5.82 Å². The number of halogens is 2. The van der Waals surface area contributed by atoms with Crippen molar-refractivity contribution in [2.24, 2.45) is 5.41 Å². The SMILES string of the molecule is CC1(C)CCCNC1CNc1nccnc1C(F)F. The van der Waals surface area contributed by atoms with Gasteiger partial charge in [0, 0.05) is 25.0 Å². The first-order valence-corrected chi connectivity index (χ1v) is 6.57. The molecule has 2 heterocycles. The second-order valence-electron chi connectivity index (χ2n) is 5.57. The van der Waals surface area contributed by atoms with Crippen molar-refractivity contribution < 1.29 is 8.78 Å². The number of aromatic nitrogens is 2. The van der Waals surface area contributed by atoms with Crippen molar-refractivity contribution in [3.63, 3.8) is 0 Å². The van der Waals surface area contributed by atoms with Gasteiger partial charge in [0.25, 0.3) is 6.43 Å². The first kappa shape index (κ1) is 14.1. The minimum atomic E-state index is -2.61. The summed E-state index contributed by atoms with van der Waals surface area (Å²) in [4.78, 5) is 7.63. The molecule has 1 fully saturated rings. The van der Waals surface area contributed by atoms with E-state index in [0.717, 1.165) is 19.4 Å². The fourth-order valence-corrected chi connectivity index (χ4v) is 2.46. The van der Waals surface area contributed by atoms with E-state index in [4.69, 9.17) is 0 Å². The molecular formula is C13H20F2N4. The van der Waals surface area contributed by atoms with E-state index in [0.29, 0.717) is 6.54 Å². The Balaban J connectivity index is 2.02. The fourth-order valence-electron chi connectivity index (χ4n) is 2.46. The zero-order valence-corrected chi connectivity index (χ0v) is 11.3. The molecule has 0 aromatic carbocycles. The van der Waals surface area contributed by atoms with Gasteiger partial charge >= 0.3 is 0 Å². The molecule has 19 heavy (non-hydrogen) atoms. The Bertz CT molecular complexity index is 423. The molecule has 2 rings (SSSR count). The Hall–Kier alpha value is -1.30. The first-order chi connectivity index (χ1) is 9.00. The Kier molecular flexibility index (Phi) is 4.29. The van der Waals surface area contributed by atoms with E-state index in [2.05, 4.69) is 34.4 Å². The van der Waals surface area contributed by atoms with E-state index >= 15 is 0 Å². The van der Waals surface area contributed by atoms with Crippen LogP contribution in [0.25, 0.3) is 0 Å². The van der Waals surface area contributed by atoms with Gasteiger partial charge in [-0.2, -0.15) is 0 Å². The van der Waals surface area contributed by atoms with Crippen LogP contribution in [-0.4, -0.2) is 29.1 Å². The van der Waals surface area contributed by atoms with Crippen LogP contribution in [0, 0.1) is 5.41 Å². The molecule has 1 saturated heterocycles. The van der Waals surface area contributed by atoms with Crippen molar-refractivity contribution in [2.45, 2.75) is 39.2 Å². The molecule has 0 radical (unpaired) electrons. The molecule has 0 amide bonds. The molecule has 1 aliphatic rings. The van der Waals surface area contributed by atoms with Crippen LogP contribution in [0.3, 0.4) is 0 Å². The quantitative estimate of drug-likeness (QED) is 0.883. The summed E-state index contributed by atoms with van der Waals surface area (Å²) in [5, 5.41) is 6.43. The van der Waals surface area contributed by atoms with Crippen LogP contribution < -0.4 is 10.6 Å². The summed E-state index contributed by atoms with van der Waals surface area (Å²) in [6.45, 7) is 5.93. The predicted molar refractivity (Wildman–Crippen MR) is 70.3 cm³/mol. The molecular weight excluding hydrogens is 250 g/mol. The molecule has 106 valence electrons. The smallest absolute Gasteiger partial charge is 0.283 e. The van der Waals surface area contributed by atoms with Crippen molar-refractivity contribution in [3.8, 4) is 0 Å². The highest BCUT2D eigenvalue weighted by Crippen LogP contribution is 2.30. The van der Waals surface area contributed by atoms with Gasteiger partial charge in [0.05, 0.1) is 0 Å². The standard InChI is InChI=1S/C13H20F2N4/c1-13(2)4-3-5-16-9(13)8-19-12-10(11(14)15)17-6-7-18-12/h6-7,9,11,16H,3-5,8H2,1-2H3,(H,18,19). The number of rotatable bonds is 4. The molecule has 4 nitrogen and oxygen atoms in total. The van der Waals surface area contributed by atoms with Crippen LogP contribution in [0.5, 0.6) is 0 Å². The third-order valence-corrected chi connectivity index (χ3v) is 3.74. The summed E-state index contributed by atoms with van der Waals surface area (Å²) >= 11 is 0. The van der Waals surface area contributed by atoms with Gasteiger partial charge in [-0.1, -0.05) is 13.8 Å². The molecule has 1 aliphatic heterocycles. The lowest BCUT2D eigenvalue weighted by Gasteiger charge is -2.39. The number of hydrogen-bond donors (Lipinski definition) is 2. The van der Waals surface area contributed by atoms with E-state index in [9.17, 15) is 8.78 Å². The molecule has 1 unspecified atom stereocenters. The van der Waals surface area contributed by atoms with E-state index in [-0.39, 0.29) is 23.0 Å². The lowest BCUT2D eigenvalue weighted by Crippen LogP contribution is -2.50. The average molecular weight is 270 g/mol. The van der Waals surface area contributed by atoms with Gasteiger partial charge in [-0.05, 0) is 24.8 Å². The number of anilines is 1. The molecule has 1 atom stereocenters. The van der Waals surface area contributed by atoms with Crippen molar-refractivity contribution in [3.05, 3.63) is 18.1 Å². The van der Waals surface area contributed by atoms with E-state index in [1.54, 1.807) is 0 Å². The van der Waals surface area contributed by atoms with Crippen LogP contribution in [-0.2, 0) is 0 Å². The Labute approximate surface area is 112 Å². The number of nitrogens with zero attached hydrogens (tertiary/aromatic N) is 2. The van der Waals surface area contributed by atoms with Gasteiger partial charge in [-0.3, -0.25) is 0 Å². The van der Waals surface area contributed by atoms with E-state index < -0.39 is 6.43 Å². The van der Waals surface area contributed by atoms with Crippen LogP contribution in [0.1, 0.15) is 38.8 Å². The molecule has 0 saturated carbocycles.